The van der Waals surface area contributed by atoms with Crippen molar-refractivity contribution in [2.24, 2.45) is 11.8 Å². The second-order valence-corrected chi connectivity index (χ2v) is 11.2. The van der Waals surface area contributed by atoms with Crippen LogP contribution in [-0.2, 0) is 30.3 Å². The predicted molar refractivity (Wildman–Crippen MR) is 168 cm³/mol. The lowest BCUT2D eigenvalue weighted by Crippen LogP contribution is -2.44. The van der Waals surface area contributed by atoms with Crippen LogP contribution in [0.25, 0.3) is 0 Å². The first-order chi connectivity index (χ1) is 20.4. The highest BCUT2D eigenvalue weighted by molar-refractivity contribution is 5.91. The number of phenols is 1. The number of aliphatic hydroxyl groups excluding tert-OH is 1. The Hall–Kier alpha value is -3.69. The molecule has 9 nitrogen and oxygen atoms in total. The molecule has 0 spiro atoms. The zero-order chi connectivity index (χ0) is 31.9. The number of benzene rings is 1. The first-order valence-electron chi connectivity index (χ1n) is 15.0. The monoisotopic (exact) mass is 596 g/mol. The molecule has 1 aliphatic heterocycles. The molecule has 2 rings (SSSR count). The second kappa shape index (κ2) is 18.1. The Morgan fingerprint density at radius 1 is 1.14 bits per heavy atom. The van der Waals surface area contributed by atoms with Gasteiger partial charge in [0.25, 0.3) is 0 Å². The third-order valence-electron chi connectivity index (χ3n) is 7.60. The molecule has 2 bridgehead atoms. The summed E-state index contributed by atoms with van der Waals surface area (Å²) in [4.78, 5) is 37.9. The van der Waals surface area contributed by atoms with Crippen LogP contribution < -0.4 is 10.6 Å². The average molecular weight is 597 g/mol. The Bertz CT molecular complexity index is 1200. The minimum absolute atomic E-state index is 0.0422. The number of allylic oxidation sites excluding steroid dienone is 5. The van der Waals surface area contributed by atoms with Crippen molar-refractivity contribution in [3.63, 3.8) is 0 Å². The summed E-state index contributed by atoms with van der Waals surface area (Å²) in [6.07, 6.45) is 13.0. The van der Waals surface area contributed by atoms with Crippen molar-refractivity contribution in [1.29, 1.82) is 0 Å². The summed E-state index contributed by atoms with van der Waals surface area (Å²) in [5.41, 5.74) is 2.04. The Morgan fingerprint density at radius 3 is 2.56 bits per heavy atom. The van der Waals surface area contributed by atoms with Gasteiger partial charge in [0.2, 0.25) is 11.8 Å². The van der Waals surface area contributed by atoms with E-state index in [1.54, 1.807) is 44.2 Å². The summed E-state index contributed by atoms with van der Waals surface area (Å²) in [6.45, 7) is 8.96. The largest absolute Gasteiger partial charge is 0.508 e. The molecule has 1 aromatic carbocycles. The lowest BCUT2D eigenvalue weighted by Gasteiger charge is -2.29. The highest BCUT2D eigenvalue weighted by Gasteiger charge is 2.30. The fraction of sp³-hybridized carbons (Fsp3) is 0.500. The predicted octanol–water partition coefficient (Wildman–Crippen LogP) is 5.15. The number of fused-ring (bicyclic) bond motifs is 2. The normalized spacial score (nSPS) is 27.1. The van der Waals surface area contributed by atoms with Crippen LogP contribution in [0.3, 0.4) is 0 Å². The molecule has 2 amide bonds. The van der Waals surface area contributed by atoms with Gasteiger partial charge in [-0.15, -0.1) is 0 Å². The van der Waals surface area contributed by atoms with E-state index in [4.69, 9.17) is 9.47 Å². The molecule has 1 aromatic rings. The van der Waals surface area contributed by atoms with Crippen molar-refractivity contribution >= 4 is 23.5 Å². The highest BCUT2D eigenvalue weighted by atomic mass is 16.5. The number of carbonyl (C=O) groups excluding carboxylic acids is 3. The molecule has 4 N–H and O–H groups in total. The zero-order valence-electron chi connectivity index (χ0n) is 26.2. The van der Waals surface area contributed by atoms with E-state index in [1.807, 2.05) is 45.1 Å². The highest BCUT2D eigenvalue weighted by Crippen LogP contribution is 2.24. The van der Waals surface area contributed by atoms with E-state index in [0.717, 1.165) is 11.1 Å². The van der Waals surface area contributed by atoms with Crippen molar-refractivity contribution in [3.8, 4) is 5.75 Å². The van der Waals surface area contributed by atoms with Crippen molar-refractivity contribution in [2.45, 2.75) is 91.1 Å². The van der Waals surface area contributed by atoms with Gasteiger partial charge in [-0.2, -0.15) is 0 Å². The van der Waals surface area contributed by atoms with Gasteiger partial charge in [0.05, 0.1) is 18.6 Å². The molecule has 0 radical (unpaired) electrons. The van der Waals surface area contributed by atoms with E-state index in [2.05, 4.69) is 10.6 Å². The maximum atomic E-state index is 13.0. The maximum absolute atomic E-state index is 13.0. The van der Waals surface area contributed by atoms with E-state index in [1.165, 1.54) is 13.2 Å². The topological polar surface area (TPSA) is 134 Å². The van der Waals surface area contributed by atoms with E-state index in [-0.39, 0.29) is 29.9 Å². The van der Waals surface area contributed by atoms with Crippen LogP contribution in [0.1, 0.15) is 65.9 Å². The number of aliphatic hydroxyl groups is 1. The lowest BCUT2D eigenvalue weighted by molar-refractivity contribution is -0.156. The summed E-state index contributed by atoms with van der Waals surface area (Å²) in [7, 11) is 1.53. The van der Waals surface area contributed by atoms with Gasteiger partial charge in [-0.3, -0.25) is 9.59 Å². The number of anilines is 1. The van der Waals surface area contributed by atoms with Crippen molar-refractivity contribution in [1.82, 2.24) is 5.32 Å². The Morgan fingerprint density at radius 2 is 1.86 bits per heavy atom. The summed E-state index contributed by atoms with van der Waals surface area (Å²) in [5, 5.41) is 27.0. The standard InChI is InChI=1S/C34H48N2O7/c1-7-22(2)33(40)35-25(5)34(41)43-30-17-12-10-8-9-11-16-29(42-6)21-31(38)36-27-18-26(19-28(37)20-27)15-13-14-23(3)32(39)24(30)4/h8-12,14,16,18-20,22,24-25,29-30,32,37,39H,7,13,15,17,21H2,1-6H3,(H,35,40)(H,36,38)/b9-8-,12-10+,16-11+,23-14+/t22-,24?,25+,29?,30?,32?/m0/s1. The molecule has 1 heterocycles. The van der Waals surface area contributed by atoms with Crippen LogP contribution in [0.15, 0.2) is 66.3 Å². The first-order valence-corrected chi connectivity index (χ1v) is 15.0. The molecule has 0 fully saturated rings. The second-order valence-electron chi connectivity index (χ2n) is 11.2. The van der Waals surface area contributed by atoms with Gasteiger partial charge >= 0.3 is 5.97 Å². The average Bonchev–Trinajstić information content (AvgIpc) is 2.96. The molecule has 0 saturated carbocycles. The number of methoxy groups -OCH3 is 1. The number of amides is 2. The van der Waals surface area contributed by atoms with Gasteiger partial charge in [-0.05, 0) is 56.4 Å². The van der Waals surface area contributed by atoms with Gasteiger partial charge < -0.3 is 30.3 Å². The fourth-order valence-corrected chi connectivity index (χ4v) is 4.55. The fourth-order valence-electron chi connectivity index (χ4n) is 4.55. The summed E-state index contributed by atoms with van der Waals surface area (Å²) < 4.78 is 11.3. The third-order valence-corrected chi connectivity index (χ3v) is 7.60. The van der Waals surface area contributed by atoms with Crippen LogP contribution in [0.4, 0.5) is 5.69 Å². The molecule has 0 aromatic heterocycles. The van der Waals surface area contributed by atoms with Crippen LogP contribution in [0.5, 0.6) is 5.75 Å². The Balaban J connectivity index is 2.31. The zero-order valence-corrected chi connectivity index (χ0v) is 26.2. The number of rotatable bonds is 6. The number of aromatic hydroxyl groups is 1. The van der Waals surface area contributed by atoms with Gasteiger partial charge in [-0.1, -0.05) is 63.3 Å². The SMILES string of the molecule is CC[C@H](C)C(=O)N[C@H](C)C(=O)OC1C/C=C/C=C\C=C\C(OC)CC(=O)Nc2cc(O)cc(c2)CC/C=C(\C)C(O)C1C. The summed E-state index contributed by atoms with van der Waals surface area (Å²) in [5.74, 6) is -1.63. The number of esters is 1. The van der Waals surface area contributed by atoms with Crippen LogP contribution in [0.2, 0.25) is 0 Å². The quantitative estimate of drug-likeness (QED) is 0.264. The van der Waals surface area contributed by atoms with Crippen molar-refractivity contribution < 1.29 is 34.1 Å². The molecule has 236 valence electrons. The summed E-state index contributed by atoms with van der Waals surface area (Å²) >= 11 is 0. The number of hydrogen-bond donors (Lipinski definition) is 4. The maximum Gasteiger partial charge on any atom is 0.328 e. The molecule has 6 atom stereocenters. The number of ether oxygens (including phenoxy) is 2. The van der Waals surface area contributed by atoms with Gasteiger partial charge in [0.1, 0.15) is 17.9 Å². The van der Waals surface area contributed by atoms with Crippen LogP contribution >= 0.6 is 0 Å². The molecule has 0 aliphatic carbocycles. The number of aryl methyl sites for hydroxylation is 1. The summed E-state index contributed by atoms with van der Waals surface area (Å²) in [6, 6.07) is 4.12. The van der Waals surface area contributed by atoms with Crippen molar-refractivity contribution in [3.05, 3.63) is 71.9 Å². The molecule has 9 heteroatoms. The van der Waals surface area contributed by atoms with E-state index in [9.17, 15) is 24.6 Å². The van der Waals surface area contributed by atoms with E-state index >= 15 is 0 Å². The molecular weight excluding hydrogens is 548 g/mol. The molecule has 43 heavy (non-hydrogen) atoms. The molecule has 0 saturated heterocycles. The molecule has 1 aliphatic rings. The Kier molecular flexibility index (Phi) is 14.9. The first kappa shape index (κ1) is 35.5. The smallest absolute Gasteiger partial charge is 0.328 e. The lowest BCUT2D eigenvalue weighted by atomic mass is 9.90. The van der Waals surface area contributed by atoms with E-state index < -0.39 is 36.2 Å². The molecule has 4 unspecified atom stereocenters. The number of phenolic OH excluding ortho intramolecular Hbond substituents is 1. The van der Waals surface area contributed by atoms with Gasteiger partial charge in [0, 0.05) is 37.1 Å². The van der Waals surface area contributed by atoms with E-state index in [0.29, 0.717) is 31.4 Å². The van der Waals surface area contributed by atoms with Crippen molar-refractivity contribution in [2.75, 3.05) is 12.4 Å². The van der Waals surface area contributed by atoms with Crippen LogP contribution in [-0.4, -0.2) is 59.5 Å². The molecular formula is C34H48N2O7. The third kappa shape index (κ3) is 12.2. The van der Waals surface area contributed by atoms with Crippen LogP contribution in [0, 0.1) is 11.8 Å². The minimum Gasteiger partial charge on any atom is -0.508 e. The number of hydrogen-bond acceptors (Lipinski definition) is 7. The number of carbonyl (C=O) groups is 3. The Labute approximate surface area is 255 Å². The van der Waals surface area contributed by atoms with Gasteiger partial charge in [-0.25, -0.2) is 4.79 Å². The van der Waals surface area contributed by atoms with Gasteiger partial charge in [0.15, 0.2) is 0 Å². The number of nitrogens with one attached hydrogen (secondary N) is 2. The minimum atomic E-state index is -0.881.